The maximum Gasteiger partial charge on any atom is 0.260 e. The highest BCUT2D eigenvalue weighted by molar-refractivity contribution is 9.10. The first-order chi connectivity index (χ1) is 16.7. The van der Waals surface area contributed by atoms with Crippen LogP contribution in [0.2, 0.25) is 0 Å². The summed E-state index contributed by atoms with van der Waals surface area (Å²) in [5.41, 5.74) is 3.90. The molecule has 0 atom stereocenters. The number of hydrogen-bond acceptors (Lipinski definition) is 6. The largest absolute Gasteiger partial charge is 0.493 e. The molecule has 0 unspecified atom stereocenters. The van der Waals surface area contributed by atoms with Gasteiger partial charge in [-0.2, -0.15) is 5.10 Å². The minimum Gasteiger partial charge on any atom is -0.493 e. The molecule has 35 heavy (non-hydrogen) atoms. The van der Waals surface area contributed by atoms with Crippen molar-refractivity contribution in [3.8, 4) is 11.5 Å². The number of hydrogen-bond donors (Lipinski definition) is 1. The van der Waals surface area contributed by atoms with E-state index in [-0.39, 0.29) is 5.69 Å². The molecule has 3 rings (SSSR count). The standard InChI is InChI=1S/C24H23BrFN3O5S/c1-33-22-12-18(11-21(25)24(22)34-16-17-7-4-3-5-8-17)14-27-28-23(30)15-29(35(2,31)32)20-10-6-9-19(26)13-20/h3-14H,15-16H2,1-2H3,(H,28,30)/b27-14-. The quantitative estimate of drug-likeness (QED) is 0.296. The highest BCUT2D eigenvalue weighted by Crippen LogP contribution is 2.36. The molecule has 0 aliphatic carbocycles. The number of rotatable bonds is 10. The lowest BCUT2D eigenvalue weighted by Crippen LogP contribution is -2.39. The number of nitrogens with zero attached hydrogens (tertiary/aromatic N) is 2. The fourth-order valence-corrected chi connectivity index (χ4v) is 4.48. The van der Waals surface area contributed by atoms with Crippen LogP contribution in [0.1, 0.15) is 11.1 Å². The lowest BCUT2D eigenvalue weighted by atomic mass is 10.2. The Morgan fingerprint density at radius 1 is 1.14 bits per heavy atom. The number of carbonyl (C=O) groups is 1. The number of sulfonamides is 1. The Kier molecular flexibility index (Phi) is 8.83. The first-order valence-electron chi connectivity index (χ1n) is 10.3. The Morgan fingerprint density at radius 2 is 1.89 bits per heavy atom. The van der Waals surface area contributed by atoms with Crippen LogP contribution >= 0.6 is 15.9 Å². The number of methoxy groups -OCH3 is 1. The van der Waals surface area contributed by atoms with Crippen molar-refractivity contribution in [2.75, 3.05) is 24.2 Å². The van der Waals surface area contributed by atoms with Gasteiger partial charge in [-0.1, -0.05) is 36.4 Å². The first-order valence-corrected chi connectivity index (χ1v) is 12.9. The van der Waals surface area contributed by atoms with Gasteiger partial charge in [0.05, 0.1) is 29.7 Å². The van der Waals surface area contributed by atoms with Crippen molar-refractivity contribution < 1.29 is 27.1 Å². The molecule has 0 spiro atoms. The van der Waals surface area contributed by atoms with E-state index in [4.69, 9.17) is 9.47 Å². The molecule has 0 aliphatic rings. The third-order valence-corrected chi connectivity index (χ3v) is 6.39. The SMILES string of the molecule is COc1cc(/C=N\NC(=O)CN(c2cccc(F)c2)S(C)(=O)=O)cc(Br)c1OCc1ccccc1. The van der Waals surface area contributed by atoms with Gasteiger partial charge in [-0.3, -0.25) is 9.10 Å². The van der Waals surface area contributed by atoms with Crippen molar-refractivity contribution in [2.24, 2.45) is 5.10 Å². The molecule has 8 nitrogen and oxygen atoms in total. The minimum absolute atomic E-state index is 0.0337. The minimum atomic E-state index is -3.83. The number of benzene rings is 3. The lowest BCUT2D eigenvalue weighted by Gasteiger charge is -2.21. The van der Waals surface area contributed by atoms with E-state index in [0.29, 0.717) is 28.1 Å². The van der Waals surface area contributed by atoms with Crippen LogP contribution in [0, 0.1) is 5.82 Å². The maximum atomic E-state index is 13.5. The molecule has 0 saturated heterocycles. The van der Waals surface area contributed by atoms with E-state index in [1.165, 1.54) is 31.5 Å². The molecule has 184 valence electrons. The molecule has 11 heteroatoms. The monoisotopic (exact) mass is 563 g/mol. The van der Waals surface area contributed by atoms with Crippen LogP contribution in [0.3, 0.4) is 0 Å². The third-order valence-electron chi connectivity index (χ3n) is 4.66. The number of anilines is 1. The third kappa shape index (κ3) is 7.52. The molecule has 0 saturated carbocycles. The highest BCUT2D eigenvalue weighted by Gasteiger charge is 2.21. The fourth-order valence-electron chi connectivity index (χ4n) is 3.06. The van der Waals surface area contributed by atoms with Gasteiger partial charge in [0.25, 0.3) is 5.91 Å². The average Bonchev–Trinajstić information content (AvgIpc) is 2.81. The summed E-state index contributed by atoms with van der Waals surface area (Å²) >= 11 is 3.46. The summed E-state index contributed by atoms with van der Waals surface area (Å²) in [5, 5.41) is 3.89. The van der Waals surface area contributed by atoms with E-state index in [9.17, 15) is 17.6 Å². The molecule has 0 bridgehead atoms. The zero-order valence-electron chi connectivity index (χ0n) is 18.9. The number of carbonyl (C=O) groups excluding carboxylic acids is 1. The van der Waals surface area contributed by atoms with Crippen LogP contribution in [0.15, 0.2) is 76.3 Å². The molecular weight excluding hydrogens is 541 g/mol. The van der Waals surface area contributed by atoms with Gasteiger partial charge < -0.3 is 9.47 Å². The van der Waals surface area contributed by atoms with Crippen LogP contribution in [0.25, 0.3) is 0 Å². The Morgan fingerprint density at radius 3 is 2.54 bits per heavy atom. The second-order valence-corrected chi connectivity index (χ2v) is 10.1. The van der Waals surface area contributed by atoms with E-state index >= 15 is 0 Å². The van der Waals surface area contributed by atoms with Crippen LogP contribution in [-0.2, 0) is 21.4 Å². The second-order valence-electron chi connectivity index (χ2n) is 7.35. The second kappa shape index (κ2) is 11.8. The summed E-state index contributed by atoms with van der Waals surface area (Å²) in [7, 11) is -2.33. The van der Waals surface area contributed by atoms with Gasteiger partial charge in [0.2, 0.25) is 10.0 Å². The highest BCUT2D eigenvalue weighted by atomic mass is 79.9. The number of hydrazone groups is 1. The fraction of sp³-hybridized carbons (Fsp3) is 0.167. The summed E-state index contributed by atoms with van der Waals surface area (Å²) in [6.45, 7) is -0.222. The van der Waals surface area contributed by atoms with Crippen molar-refractivity contribution in [1.29, 1.82) is 0 Å². The van der Waals surface area contributed by atoms with E-state index in [1.54, 1.807) is 12.1 Å². The van der Waals surface area contributed by atoms with Crippen LogP contribution in [0.5, 0.6) is 11.5 Å². The van der Waals surface area contributed by atoms with Crippen molar-refractivity contribution in [2.45, 2.75) is 6.61 Å². The molecule has 0 radical (unpaired) electrons. The normalized spacial score (nSPS) is 11.3. The van der Waals surface area contributed by atoms with Gasteiger partial charge in [0, 0.05) is 0 Å². The van der Waals surface area contributed by atoms with Crippen molar-refractivity contribution >= 4 is 43.8 Å². The Hall–Kier alpha value is -3.44. The first kappa shape index (κ1) is 26.2. The molecule has 0 fully saturated rings. The smallest absolute Gasteiger partial charge is 0.260 e. The molecule has 1 amide bonds. The van der Waals surface area contributed by atoms with Gasteiger partial charge >= 0.3 is 0 Å². The summed E-state index contributed by atoms with van der Waals surface area (Å²) in [5.74, 6) is -0.357. The zero-order chi connectivity index (χ0) is 25.4. The molecule has 3 aromatic rings. The van der Waals surface area contributed by atoms with E-state index in [1.807, 2.05) is 30.3 Å². The van der Waals surface area contributed by atoms with Gasteiger partial charge in [-0.05, 0) is 57.4 Å². The molecule has 1 N–H and O–H groups in total. The zero-order valence-corrected chi connectivity index (χ0v) is 21.3. The van der Waals surface area contributed by atoms with Crippen molar-refractivity contribution in [3.63, 3.8) is 0 Å². The van der Waals surface area contributed by atoms with E-state index in [0.717, 1.165) is 22.2 Å². The number of nitrogens with one attached hydrogen (secondary N) is 1. The Labute approximate surface area is 211 Å². The van der Waals surface area contributed by atoms with Crippen LogP contribution in [-0.4, -0.2) is 40.4 Å². The maximum absolute atomic E-state index is 13.5. The van der Waals surface area contributed by atoms with Crippen molar-refractivity contribution in [3.05, 3.63) is 88.1 Å². The van der Waals surface area contributed by atoms with E-state index < -0.39 is 28.3 Å². The molecule has 0 aromatic heterocycles. The van der Waals surface area contributed by atoms with Crippen LogP contribution < -0.4 is 19.2 Å². The molecule has 0 aliphatic heterocycles. The predicted molar refractivity (Wildman–Crippen MR) is 136 cm³/mol. The predicted octanol–water partition coefficient (Wildman–Crippen LogP) is 4.09. The van der Waals surface area contributed by atoms with Crippen molar-refractivity contribution in [1.82, 2.24) is 5.43 Å². The van der Waals surface area contributed by atoms with Gasteiger partial charge in [0.15, 0.2) is 11.5 Å². The topological polar surface area (TPSA) is 97.3 Å². The molecule has 3 aromatic carbocycles. The van der Waals surface area contributed by atoms with Gasteiger partial charge in [-0.15, -0.1) is 0 Å². The lowest BCUT2D eigenvalue weighted by molar-refractivity contribution is -0.119. The van der Waals surface area contributed by atoms with E-state index in [2.05, 4.69) is 26.5 Å². The average molecular weight is 564 g/mol. The Bertz CT molecular complexity index is 1320. The number of amides is 1. The number of ether oxygens (including phenoxy) is 2. The number of halogens is 2. The summed E-state index contributed by atoms with van der Waals surface area (Å²) in [4.78, 5) is 12.3. The molecule has 0 heterocycles. The van der Waals surface area contributed by atoms with Crippen LogP contribution in [0.4, 0.5) is 10.1 Å². The Balaban J connectivity index is 1.67. The summed E-state index contributed by atoms with van der Waals surface area (Å²) < 4.78 is 50.5. The summed E-state index contributed by atoms with van der Waals surface area (Å²) in [6, 6.07) is 18.0. The summed E-state index contributed by atoms with van der Waals surface area (Å²) in [6.07, 6.45) is 2.30. The van der Waals surface area contributed by atoms with Gasteiger partial charge in [-0.25, -0.2) is 18.2 Å². The molecular formula is C24H23BrFN3O5S. The van der Waals surface area contributed by atoms with Gasteiger partial charge in [0.1, 0.15) is 19.0 Å².